The van der Waals surface area contributed by atoms with E-state index in [4.69, 9.17) is 9.97 Å². The lowest BCUT2D eigenvalue weighted by Gasteiger charge is -2.32. The average Bonchev–Trinajstić information content (AvgIpc) is 3.06. The standard InChI is InChI=1S/C38H25N3/c1-4-12-26(13-5-1)30-22-29-18-10-20-35-37(29)33(23-30)32-19-11-21-39-38(32)41(35)36-25-31(27-14-6-2-7-15-27)24-34(40-36)28-16-8-3-9-17-28/h1-25H. The number of hydrogen-bond donors (Lipinski definition) is 0. The molecule has 0 unspecified atom stereocenters. The quantitative estimate of drug-likeness (QED) is 0.230. The number of nitrogens with zero attached hydrogens (tertiary/aromatic N) is 3. The minimum Gasteiger partial charge on any atom is -0.278 e. The molecule has 0 saturated carbocycles. The number of hydrogen-bond acceptors (Lipinski definition) is 3. The van der Waals surface area contributed by atoms with Crippen molar-refractivity contribution >= 4 is 28.1 Å². The van der Waals surface area contributed by atoms with Gasteiger partial charge in [0.25, 0.3) is 0 Å². The van der Waals surface area contributed by atoms with E-state index in [1.807, 2.05) is 18.3 Å². The highest BCUT2D eigenvalue weighted by molar-refractivity contribution is 6.14. The molecule has 7 aromatic rings. The van der Waals surface area contributed by atoms with E-state index in [-0.39, 0.29) is 0 Å². The van der Waals surface area contributed by atoms with Gasteiger partial charge in [0, 0.05) is 22.7 Å². The van der Waals surface area contributed by atoms with Crippen molar-refractivity contribution in [2.24, 2.45) is 0 Å². The first-order chi connectivity index (χ1) is 20.3. The fourth-order valence-corrected chi connectivity index (χ4v) is 5.92. The number of anilines is 3. The van der Waals surface area contributed by atoms with Crippen LogP contribution in [0.25, 0.3) is 55.4 Å². The highest BCUT2D eigenvalue weighted by Gasteiger charge is 2.29. The Morgan fingerprint density at radius 3 is 1.83 bits per heavy atom. The van der Waals surface area contributed by atoms with E-state index in [0.29, 0.717) is 0 Å². The van der Waals surface area contributed by atoms with Gasteiger partial charge < -0.3 is 0 Å². The molecule has 192 valence electrons. The first kappa shape index (κ1) is 23.4. The van der Waals surface area contributed by atoms with E-state index in [2.05, 4.69) is 138 Å². The molecule has 0 radical (unpaired) electrons. The third-order valence-electron chi connectivity index (χ3n) is 7.81. The summed E-state index contributed by atoms with van der Waals surface area (Å²) in [6.07, 6.45) is 1.87. The van der Waals surface area contributed by atoms with Crippen molar-refractivity contribution in [1.29, 1.82) is 0 Å². The van der Waals surface area contributed by atoms with Gasteiger partial charge in [-0.2, -0.15) is 0 Å². The van der Waals surface area contributed by atoms with Crippen LogP contribution < -0.4 is 4.90 Å². The number of pyridine rings is 2. The van der Waals surface area contributed by atoms with Crippen LogP contribution in [0.1, 0.15) is 0 Å². The Hall–Kier alpha value is -5.54. The lowest BCUT2D eigenvalue weighted by Crippen LogP contribution is -2.18. The molecule has 1 aliphatic rings. The van der Waals surface area contributed by atoms with Gasteiger partial charge in [-0.1, -0.05) is 103 Å². The summed E-state index contributed by atoms with van der Waals surface area (Å²) in [7, 11) is 0. The van der Waals surface area contributed by atoms with Crippen LogP contribution in [-0.4, -0.2) is 9.97 Å². The van der Waals surface area contributed by atoms with Crippen LogP contribution in [0.15, 0.2) is 152 Å². The highest BCUT2D eigenvalue weighted by atomic mass is 15.2. The van der Waals surface area contributed by atoms with Crippen LogP contribution in [-0.2, 0) is 0 Å². The van der Waals surface area contributed by atoms with Gasteiger partial charge >= 0.3 is 0 Å². The van der Waals surface area contributed by atoms with Crippen LogP contribution in [0.3, 0.4) is 0 Å². The molecule has 3 heteroatoms. The Balaban J connectivity index is 1.41. The molecule has 0 saturated heterocycles. The molecule has 41 heavy (non-hydrogen) atoms. The molecule has 0 amide bonds. The molecule has 0 atom stereocenters. The zero-order valence-electron chi connectivity index (χ0n) is 22.3. The molecule has 0 fully saturated rings. The van der Waals surface area contributed by atoms with Crippen LogP contribution >= 0.6 is 0 Å². The minimum absolute atomic E-state index is 0.843. The Morgan fingerprint density at radius 2 is 1.12 bits per heavy atom. The Morgan fingerprint density at radius 1 is 0.463 bits per heavy atom. The first-order valence-electron chi connectivity index (χ1n) is 13.8. The van der Waals surface area contributed by atoms with Crippen molar-refractivity contribution in [3.05, 3.63) is 152 Å². The van der Waals surface area contributed by atoms with Gasteiger partial charge in [0.05, 0.1) is 11.4 Å². The predicted octanol–water partition coefficient (Wildman–Crippen LogP) is 10.1. The maximum Gasteiger partial charge on any atom is 0.146 e. The normalized spacial score (nSPS) is 11.9. The maximum atomic E-state index is 5.26. The zero-order chi connectivity index (χ0) is 27.2. The third-order valence-corrected chi connectivity index (χ3v) is 7.81. The van der Waals surface area contributed by atoms with E-state index in [9.17, 15) is 0 Å². The zero-order valence-corrected chi connectivity index (χ0v) is 22.3. The molecular weight excluding hydrogens is 498 g/mol. The molecule has 8 rings (SSSR count). The van der Waals surface area contributed by atoms with E-state index < -0.39 is 0 Å². The first-order valence-corrected chi connectivity index (χ1v) is 13.8. The molecule has 0 bridgehead atoms. The van der Waals surface area contributed by atoms with E-state index >= 15 is 0 Å². The van der Waals surface area contributed by atoms with Gasteiger partial charge in [-0.15, -0.1) is 0 Å². The molecule has 2 aromatic heterocycles. The summed E-state index contributed by atoms with van der Waals surface area (Å²) in [6.45, 7) is 0. The van der Waals surface area contributed by atoms with Gasteiger partial charge in [0.15, 0.2) is 0 Å². The van der Waals surface area contributed by atoms with Crippen molar-refractivity contribution in [3.8, 4) is 44.6 Å². The molecule has 0 spiro atoms. The average molecular weight is 524 g/mol. The fourth-order valence-electron chi connectivity index (χ4n) is 5.92. The highest BCUT2D eigenvalue weighted by Crippen LogP contribution is 2.51. The number of aromatic nitrogens is 2. The summed E-state index contributed by atoms with van der Waals surface area (Å²) in [4.78, 5) is 12.4. The number of rotatable bonds is 4. The molecular formula is C38H25N3. The second kappa shape index (κ2) is 9.58. The summed E-state index contributed by atoms with van der Waals surface area (Å²) in [5, 5.41) is 2.40. The van der Waals surface area contributed by atoms with Gasteiger partial charge in [-0.3, -0.25) is 4.90 Å². The second-order valence-corrected chi connectivity index (χ2v) is 10.3. The van der Waals surface area contributed by atoms with E-state index in [0.717, 1.165) is 45.3 Å². The van der Waals surface area contributed by atoms with Crippen molar-refractivity contribution in [2.75, 3.05) is 4.90 Å². The lowest BCUT2D eigenvalue weighted by atomic mass is 9.89. The van der Waals surface area contributed by atoms with Crippen molar-refractivity contribution < 1.29 is 0 Å². The largest absolute Gasteiger partial charge is 0.278 e. The molecule has 3 heterocycles. The minimum atomic E-state index is 0.843. The summed E-state index contributed by atoms with van der Waals surface area (Å²) >= 11 is 0. The summed E-state index contributed by atoms with van der Waals surface area (Å²) in [5.41, 5.74) is 10.0. The van der Waals surface area contributed by atoms with Gasteiger partial charge in [-0.05, 0) is 75.7 Å². The van der Waals surface area contributed by atoms with Crippen LogP contribution in [0.2, 0.25) is 0 Å². The molecule has 5 aromatic carbocycles. The lowest BCUT2D eigenvalue weighted by molar-refractivity contribution is 1.13. The van der Waals surface area contributed by atoms with Gasteiger partial charge in [-0.25, -0.2) is 9.97 Å². The maximum absolute atomic E-state index is 5.26. The smallest absolute Gasteiger partial charge is 0.146 e. The number of benzene rings is 5. The molecule has 3 nitrogen and oxygen atoms in total. The van der Waals surface area contributed by atoms with E-state index in [1.54, 1.807) is 0 Å². The molecule has 0 N–H and O–H groups in total. The second-order valence-electron chi connectivity index (χ2n) is 10.3. The molecule has 0 aliphatic carbocycles. The topological polar surface area (TPSA) is 29.0 Å². The Kier molecular flexibility index (Phi) is 5.46. The van der Waals surface area contributed by atoms with Crippen LogP contribution in [0.4, 0.5) is 17.3 Å². The van der Waals surface area contributed by atoms with Gasteiger partial charge in [0.1, 0.15) is 11.6 Å². The SMILES string of the molecule is c1ccc(-c2cc(-c3ccccc3)nc(N3c4ncccc4-c4cc(-c5ccccc5)cc5cccc3c45)c2)cc1. The van der Waals surface area contributed by atoms with Crippen molar-refractivity contribution in [1.82, 2.24) is 9.97 Å². The van der Waals surface area contributed by atoms with Crippen molar-refractivity contribution in [2.45, 2.75) is 0 Å². The fraction of sp³-hybridized carbons (Fsp3) is 0. The van der Waals surface area contributed by atoms with Gasteiger partial charge in [0.2, 0.25) is 0 Å². The van der Waals surface area contributed by atoms with E-state index in [1.165, 1.54) is 27.5 Å². The predicted molar refractivity (Wildman–Crippen MR) is 170 cm³/mol. The number of fused-ring (bicyclic) bond motifs is 2. The third kappa shape index (κ3) is 3.98. The summed E-state index contributed by atoms with van der Waals surface area (Å²) in [5.74, 6) is 1.73. The Labute approximate surface area is 239 Å². The van der Waals surface area contributed by atoms with Crippen LogP contribution in [0, 0.1) is 0 Å². The monoisotopic (exact) mass is 523 g/mol. The summed E-state index contributed by atoms with van der Waals surface area (Å²) < 4.78 is 0. The summed E-state index contributed by atoms with van der Waals surface area (Å²) in [6, 6.07) is 51.2. The van der Waals surface area contributed by atoms with Crippen molar-refractivity contribution in [3.63, 3.8) is 0 Å². The Bertz CT molecular complexity index is 1980. The molecule has 1 aliphatic heterocycles. The van der Waals surface area contributed by atoms with Crippen LogP contribution in [0.5, 0.6) is 0 Å².